The molecule has 0 saturated heterocycles. The van der Waals surface area contributed by atoms with Crippen LogP contribution in [0, 0.1) is 63.6 Å². The zero-order chi connectivity index (χ0) is 13.5. The maximum atomic E-state index is 9.13. The van der Waals surface area contributed by atoms with Gasteiger partial charge in [-0.2, -0.15) is 15.8 Å². The molecule has 96 valence electrons. The van der Waals surface area contributed by atoms with Crippen LogP contribution in [-0.4, -0.2) is 0 Å². The van der Waals surface area contributed by atoms with Crippen LogP contribution in [0.4, 0.5) is 0 Å². The average molecular weight is 243 g/mol. The Morgan fingerprint density at radius 1 is 1.06 bits per heavy atom. The first kappa shape index (κ1) is 14.5. The summed E-state index contributed by atoms with van der Waals surface area (Å²) in [6.45, 7) is 3.96. The molecule has 1 fully saturated rings. The standard InChI is InChI=1S/C15H21N3/c1-11(9-17)14-6-5-13(4-3-7-16)15(8-14)12(2)10-18/h11-15H,3-6,8H2,1-2H3. The van der Waals surface area contributed by atoms with Crippen molar-refractivity contribution < 1.29 is 0 Å². The van der Waals surface area contributed by atoms with Gasteiger partial charge in [-0.05, 0) is 57.3 Å². The van der Waals surface area contributed by atoms with Crippen molar-refractivity contribution in [2.45, 2.75) is 46.0 Å². The summed E-state index contributed by atoms with van der Waals surface area (Å²) in [5.74, 6) is 1.38. The highest BCUT2D eigenvalue weighted by molar-refractivity contribution is 4.96. The molecule has 0 aliphatic heterocycles. The molecule has 0 bridgehead atoms. The van der Waals surface area contributed by atoms with Crippen molar-refractivity contribution >= 4 is 0 Å². The second-order valence-corrected chi connectivity index (χ2v) is 5.53. The Bertz CT molecular complexity index is 382. The van der Waals surface area contributed by atoms with Crippen LogP contribution in [0.2, 0.25) is 0 Å². The van der Waals surface area contributed by atoms with Crippen LogP contribution in [0.15, 0.2) is 0 Å². The Balaban J connectivity index is 2.71. The number of nitriles is 3. The largest absolute Gasteiger partial charge is 0.198 e. The first-order chi connectivity index (χ1) is 8.63. The lowest BCUT2D eigenvalue weighted by molar-refractivity contribution is 0.125. The SMILES string of the molecule is CC(C#N)C1CCC(CCC#N)C(C(C)C#N)C1. The highest BCUT2D eigenvalue weighted by Gasteiger charge is 2.35. The van der Waals surface area contributed by atoms with Gasteiger partial charge in [0.1, 0.15) is 0 Å². The minimum atomic E-state index is 0.0300. The lowest BCUT2D eigenvalue weighted by atomic mass is 9.65. The van der Waals surface area contributed by atoms with Crippen LogP contribution in [0.1, 0.15) is 46.0 Å². The Morgan fingerprint density at radius 2 is 1.72 bits per heavy atom. The zero-order valence-electron chi connectivity index (χ0n) is 11.3. The van der Waals surface area contributed by atoms with Gasteiger partial charge in [0.2, 0.25) is 0 Å². The van der Waals surface area contributed by atoms with E-state index in [-0.39, 0.29) is 11.8 Å². The van der Waals surface area contributed by atoms with Crippen LogP contribution in [0.3, 0.4) is 0 Å². The van der Waals surface area contributed by atoms with Gasteiger partial charge in [0.15, 0.2) is 0 Å². The van der Waals surface area contributed by atoms with Crippen LogP contribution in [0.5, 0.6) is 0 Å². The topological polar surface area (TPSA) is 71.4 Å². The van der Waals surface area contributed by atoms with Gasteiger partial charge in [0.05, 0.1) is 18.2 Å². The average Bonchev–Trinajstić information content (AvgIpc) is 2.43. The molecule has 0 aromatic heterocycles. The summed E-state index contributed by atoms with van der Waals surface area (Å²) < 4.78 is 0. The van der Waals surface area contributed by atoms with Gasteiger partial charge in [-0.25, -0.2) is 0 Å². The third kappa shape index (κ3) is 3.48. The minimum Gasteiger partial charge on any atom is -0.198 e. The quantitative estimate of drug-likeness (QED) is 0.756. The number of rotatable bonds is 4. The summed E-state index contributed by atoms with van der Waals surface area (Å²) in [6, 6.07) is 6.89. The Kier molecular flexibility index (Phi) is 5.67. The van der Waals surface area contributed by atoms with Crippen molar-refractivity contribution in [1.82, 2.24) is 0 Å². The maximum absolute atomic E-state index is 9.13. The highest BCUT2D eigenvalue weighted by Crippen LogP contribution is 2.42. The molecule has 1 aliphatic rings. The van der Waals surface area contributed by atoms with Gasteiger partial charge in [-0.3, -0.25) is 0 Å². The smallest absolute Gasteiger partial charge is 0.0655 e. The lowest BCUT2D eigenvalue weighted by Crippen LogP contribution is -2.31. The van der Waals surface area contributed by atoms with Crippen LogP contribution in [-0.2, 0) is 0 Å². The van der Waals surface area contributed by atoms with E-state index in [0.717, 1.165) is 25.7 Å². The fourth-order valence-corrected chi connectivity index (χ4v) is 3.18. The molecule has 5 atom stereocenters. The molecule has 3 nitrogen and oxygen atoms in total. The van der Waals surface area contributed by atoms with E-state index in [1.165, 1.54) is 0 Å². The van der Waals surface area contributed by atoms with E-state index in [4.69, 9.17) is 15.8 Å². The molecule has 0 aromatic rings. The molecule has 18 heavy (non-hydrogen) atoms. The van der Waals surface area contributed by atoms with E-state index < -0.39 is 0 Å². The molecule has 0 heterocycles. The predicted octanol–water partition coefficient (Wildman–Crippen LogP) is 3.64. The summed E-state index contributed by atoms with van der Waals surface area (Å²) in [5, 5.41) is 26.8. The van der Waals surface area contributed by atoms with Gasteiger partial charge in [0, 0.05) is 18.3 Å². The Morgan fingerprint density at radius 3 is 2.28 bits per heavy atom. The molecule has 1 aliphatic carbocycles. The summed E-state index contributed by atoms with van der Waals surface area (Å²) in [4.78, 5) is 0. The number of nitrogens with zero attached hydrogens (tertiary/aromatic N) is 3. The number of hydrogen-bond acceptors (Lipinski definition) is 3. The first-order valence-electron chi connectivity index (χ1n) is 6.80. The highest BCUT2D eigenvalue weighted by atomic mass is 14.4. The normalized spacial score (nSPS) is 30.5. The molecule has 0 N–H and O–H groups in total. The third-order valence-corrected chi connectivity index (χ3v) is 4.47. The van der Waals surface area contributed by atoms with Gasteiger partial charge >= 0.3 is 0 Å². The fraction of sp³-hybridized carbons (Fsp3) is 0.800. The molecule has 5 unspecified atom stereocenters. The lowest BCUT2D eigenvalue weighted by Gasteiger charge is -2.38. The van der Waals surface area contributed by atoms with E-state index in [9.17, 15) is 0 Å². The van der Waals surface area contributed by atoms with Crippen LogP contribution >= 0.6 is 0 Å². The first-order valence-corrected chi connectivity index (χ1v) is 6.80. The van der Waals surface area contributed by atoms with Crippen LogP contribution < -0.4 is 0 Å². The third-order valence-electron chi connectivity index (χ3n) is 4.47. The monoisotopic (exact) mass is 243 g/mol. The van der Waals surface area contributed by atoms with E-state index in [0.29, 0.717) is 24.2 Å². The van der Waals surface area contributed by atoms with Crippen molar-refractivity contribution in [3.8, 4) is 18.2 Å². The summed E-state index contributed by atoms with van der Waals surface area (Å²) in [6.07, 6.45) is 4.59. The van der Waals surface area contributed by atoms with Crippen molar-refractivity contribution in [1.29, 1.82) is 15.8 Å². The molecule has 0 spiro atoms. The zero-order valence-corrected chi connectivity index (χ0v) is 11.3. The second kappa shape index (κ2) is 7.03. The predicted molar refractivity (Wildman–Crippen MR) is 68.7 cm³/mol. The van der Waals surface area contributed by atoms with Crippen LogP contribution in [0.25, 0.3) is 0 Å². The molecule has 1 saturated carbocycles. The van der Waals surface area contributed by atoms with Gasteiger partial charge in [0.25, 0.3) is 0 Å². The van der Waals surface area contributed by atoms with Gasteiger partial charge in [-0.15, -0.1) is 0 Å². The second-order valence-electron chi connectivity index (χ2n) is 5.53. The molecule has 0 radical (unpaired) electrons. The van der Waals surface area contributed by atoms with Crippen molar-refractivity contribution in [3.63, 3.8) is 0 Å². The minimum absolute atomic E-state index is 0.0300. The molecular formula is C15H21N3. The van der Waals surface area contributed by atoms with E-state index in [1.807, 2.05) is 13.8 Å². The maximum Gasteiger partial charge on any atom is 0.0655 e. The van der Waals surface area contributed by atoms with Crippen molar-refractivity contribution in [2.75, 3.05) is 0 Å². The van der Waals surface area contributed by atoms with Crippen molar-refractivity contribution in [2.24, 2.45) is 29.6 Å². The Hall–Kier alpha value is -1.53. The fourth-order valence-electron chi connectivity index (χ4n) is 3.18. The summed E-state index contributed by atoms with van der Waals surface area (Å²) in [5.41, 5.74) is 0. The van der Waals surface area contributed by atoms with Gasteiger partial charge in [-0.1, -0.05) is 0 Å². The van der Waals surface area contributed by atoms with E-state index in [2.05, 4.69) is 18.2 Å². The summed E-state index contributed by atoms with van der Waals surface area (Å²) >= 11 is 0. The molecule has 0 aromatic carbocycles. The van der Waals surface area contributed by atoms with E-state index in [1.54, 1.807) is 0 Å². The molecule has 0 amide bonds. The van der Waals surface area contributed by atoms with E-state index >= 15 is 0 Å². The molecule has 3 heteroatoms. The van der Waals surface area contributed by atoms with Gasteiger partial charge < -0.3 is 0 Å². The molecular weight excluding hydrogens is 222 g/mol. The van der Waals surface area contributed by atoms with Crippen molar-refractivity contribution in [3.05, 3.63) is 0 Å². The Labute approximate surface area is 110 Å². The number of hydrogen-bond donors (Lipinski definition) is 0. The summed E-state index contributed by atoms with van der Waals surface area (Å²) in [7, 11) is 0. The molecule has 1 rings (SSSR count).